The van der Waals surface area contributed by atoms with Gasteiger partial charge in [-0.25, -0.2) is 9.37 Å². The Kier molecular flexibility index (Phi) is 4.70. The SMILES string of the molecule is CN(Cc1ccco1)c1ccc2ncc(NC(=O)c3ccc(Cl)c(F)c3)n2n1. The highest BCUT2D eigenvalue weighted by atomic mass is 35.5. The first-order chi connectivity index (χ1) is 13.5. The maximum Gasteiger partial charge on any atom is 0.256 e. The summed E-state index contributed by atoms with van der Waals surface area (Å²) in [6.07, 6.45) is 3.10. The summed E-state index contributed by atoms with van der Waals surface area (Å²) in [6.45, 7) is 0.534. The summed E-state index contributed by atoms with van der Waals surface area (Å²) >= 11 is 5.66. The van der Waals surface area contributed by atoms with Crippen LogP contribution in [0.15, 0.2) is 59.3 Å². The number of carbonyl (C=O) groups excluding carboxylic acids is 1. The van der Waals surface area contributed by atoms with Crippen molar-refractivity contribution in [2.45, 2.75) is 6.54 Å². The fourth-order valence-electron chi connectivity index (χ4n) is 2.70. The van der Waals surface area contributed by atoms with E-state index >= 15 is 0 Å². The summed E-state index contributed by atoms with van der Waals surface area (Å²) < 4.78 is 20.5. The molecule has 3 heterocycles. The molecule has 28 heavy (non-hydrogen) atoms. The molecule has 0 saturated carbocycles. The molecule has 1 aromatic carbocycles. The average Bonchev–Trinajstić information content (AvgIpc) is 3.33. The van der Waals surface area contributed by atoms with E-state index in [0.29, 0.717) is 23.8 Å². The molecule has 142 valence electrons. The third-order valence-electron chi connectivity index (χ3n) is 4.14. The van der Waals surface area contributed by atoms with Crippen LogP contribution in [-0.2, 0) is 6.54 Å². The van der Waals surface area contributed by atoms with Gasteiger partial charge in [0.05, 0.1) is 24.0 Å². The normalized spacial score (nSPS) is 11.0. The Morgan fingerprint density at radius 3 is 2.93 bits per heavy atom. The number of hydrogen-bond acceptors (Lipinski definition) is 5. The number of nitrogens with one attached hydrogen (secondary N) is 1. The number of amides is 1. The molecule has 4 aromatic rings. The Balaban J connectivity index is 1.59. The fourth-order valence-corrected chi connectivity index (χ4v) is 2.81. The fraction of sp³-hybridized carbons (Fsp3) is 0.105. The van der Waals surface area contributed by atoms with Crippen LogP contribution in [0.5, 0.6) is 0 Å². The zero-order valence-corrected chi connectivity index (χ0v) is 15.5. The van der Waals surface area contributed by atoms with Gasteiger partial charge in [0.15, 0.2) is 11.5 Å². The lowest BCUT2D eigenvalue weighted by Crippen LogP contribution is -2.19. The maximum atomic E-state index is 13.6. The van der Waals surface area contributed by atoms with Gasteiger partial charge in [0.2, 0.25) is 0 Å². The van der Waals surface area contributed by atoms with E-state index in [9.17, 15) is 9.18 Å². The summed E-state index contributed by atoms with van der Waals surface area (Å²) in [6, 6.07) is 11.2. The number of hydrogen-bond donors (Lipinski definition) is 1. The molecule has 0 aliphatic carbocycles. The molecule has 0 spiro atoms. The lowest BCUT2D eigenvalue weighted by molar-refractivity contribution is 0.102. The van der Waals surface area contributed by atoms with Crippen molar-refractivity contribution in [3.63, 3.8) is 0 Å². The van der Waals surface area contributed by atoms with Crippen molar-refractivity contribution in [3.8, 4) is 0 Å². The van der Waals surface area contributed by atoms with Gasteiger partial charge < -0.3 is 14.6 Å². The molecule has 0 saturated heterocycles. The van der Waals surface area contributed by atoms with Gasteiger partial charge in [-0.2, -0.15) is 4.52 Å². The first-order valence-electron chi connectivity index (χ1n) is 8.36. The monoisotopic (exact) mass is 399 g/mol. The molecule has 0 bridgehead atoms. The second-order valence-corrected chi connectivity index (χ2v) is 6.53. The van der Waals surface area contributed by atoms with Gasteiger partial charge in [0.1, 0.15) is 17.4 Å². The number of rotatable bonds is 5. The number of carbonyl (C=O) groups is 1. The highest BCUT2D eigenvalue weighted by Gasteiger charge is 2.14. The second kappa shape index (κ2) is 7.32. The van der Waals surface area contributed by atoms with Gasteiger partial charge in [-0.05, 0) is 42.5 Å². The van der Waals surface area contributed by atoms with E-state index in [-0.39, 0.29) is 10.6 Å². The van der Waals surface area contributed by atoms with Crippen LogP contribution in [0.1, 0.15) is 16.1 Å². The molecule has 7 nitrogen and oxygen atoms in total. The number of anilines is 2. The van der Waals surface area contributed by atoms with Gasteiger partial charge in [-0.3, -0.25) is 4.79 Å². The van der Waals surface area contributed by atoms with E-state index < -0.39 is 11.7 Å². The summed E-state index contributed by atoms with van der Waals surface area (Å²) in [5, 5.41) is 7.17. The largest absolute Gasteiger partial charge is 0.467 e. The molecule has 0 unspecified atom stereocenters. The predicted octanol–water partition coefficient (Wildman–Crippen LogP) is 4.00. The smallest absolute Gasteiger partial charge is 0.256 e. The maximum absolute atomic E-state index is 13.6. The van der Waals surface area contributed by atoms with Gasteiger partial charge in [0, 0.05) is 12.6 Å². The van der Waals surface area contributed by atoms with Crippen molar-refractivity contribution in [2.24, 2.45) is 0 Å². The van der Waals surface area contributed by atoms with E-state index in [4.69, 9.17) is 16.0 Å². The van der Waals surface area contributed by atoms with Crippen molar-refractivity contribution in [2.75, 3.05) is 17.3 Å². The number of fused-ring (bicyclic) bond motifs is 1. The van der Waals surface area contributed by atoms with E-state index in [1.807, 2.05) is 30.1 Å². The zero-order valence-electron chi connectivity index (χ0n) is 14.8. The van der Waals surface area contributed by atoms with Crippen LogP contribution in [0.3, 0.4) is 0 Å². The zero-order chi connectivity index (χ0) is 19.7. The first kappa shape index (κ1) is 18.0. The average molecular weight is 400 g/mol. The number of aromatic nitrogens is 3. The first-order valence-corrected chi connectivity index (χ1v) is 8.74. The third-order valence-corrected chi connectivity index (χ3v) is 4.44. The van der Waals surface area contributed by atoms with Crippen molar-refractivity contribution in [1.29, 1.82) is 0 Å². The van der Waals surface area contributed by atoms with Crippen molar-refractivity contribution in [1.82, 2.24) is 14.6 Å². The molecule has 1 N–H and O–H groups in total. The molecule has 0 atom stereocenters. The minimum Gasteiger partial charge on any atom is -0.467 e. The van der Waals surface area contributed by atoms with E-state index in [1.54, 1.807) is 12.3 Å². The summed E-state index contributed by atoms with van der Waals surface area (Å²) in [4.78, 5) is 18.6. The minimum absolute atomic E-state index is 0.0442. The molecule has 9 heteroatoms. The topological polar surface area (TPSA) is 75.7 Å². The second-order valence-electron chi connectivity index (χ2n) is 6.12. The van der Waals surface area contributed by atoms with E-state index in [2.05, 4.69) is 15.4 Å². The molecule has 4 rings (SSSR count). The molecule has 0 fully saturated rings. The summed E-state index contributed by atoms with van der Waals surface area (Å²) in [7, 11) is 1.88. The molecular weight excluding hydrogens is 385 g/mol. The third kappa shape index (κ3) is 3.54. The highest BCUT2D eigenvalue weighted by molar-refractivity contribution is 6.30. The Morgan fingerprint density at radius 1 is 1.32 bits per heavy atom. The van der Waals surface area contributed by atoms with Gasteiger partial charge in [0.25, 0.3) is 5.91 Å². The van der Waals surface area contributed by atoms with Crippen LogP contribution >= 0.6 is 11.6 Å². The number of halogens is 2. The van der Waals surface area contributed by atoms with Gasteiger partial charge in [-0.15, -0.1) is 5.10 Å². The number of furan rings is 1. The minimum atomic E-state index is -0.660. The lowest BCUT2D eigenvalue weighted by Gasteiger charge is -2.16. The van der Waals surface area contributed by atoms with Crippen LogP contribution in [0, 0.1) is 5.82 Å². The van der Waals surface area contributed by atoms with Crippen molar-refractivity contribution in [3.05, 3.63) is 77.1 Å². The van der Waals surface area contributed by atoms with Crippen LogP contribution in [0.25, 0.3) is 5.65 Å². The number of nitrogens with zero attached hydrogens (tertiary/aromatic N) is 4. The summed E-state index contributed by atoms with van der Waals surface area (Å²) in [5.41, 5.74) is 0.704. The molecule has 3 aromatic heterocycles. The van der Waals surface area contributed by atoms with Crippen molar-refractivity contribution >= 4 is 34.8 Å². The van der Waals surface area contributed by atoms with Gasteiger partial charge in [-0.1, -0.05) is 11.6 Å². The Hall–Kier alpha value is -3.39. The van der Waals surface area contributed by atoms with Crippen LogP contribution in [0.2, 0.25) is 5.02 Å². The van der Waals surface area contributed by atoms with Gasteiger partial charge >= 0.3 is 0 Å². The van der Waals surface area contributed by atoms with Crippen LogP contribution in [0.4, 0.5) is 16.0 Å². The Bertz CT molecular complexity index is 1140. The Labute approximate surface area is 164 Å². The summed E-state index contributed by atoms with van der Waals surface area (Å²) in [5.74, 6) is 0.674. The number of benzene rings is 1. The van der Waals surface area contributed by atoms with E-state index in [0.717, 1.165) is 11.8 Å². The highest BCUT2D eigenvalue weighted by Crippen LogP contribution is 2.19. The predicted molar refractivity (Wildman–Crippen MR) is 103 cm³/mol. The molecule has 0 aliphatic heterocycles. The lowest BCUT2D eigenvalue weighted by atomic mass is 10.2. The number of imidazole rings is 1. The quantitative estimate of drug-likeness (QED) is 0.549. The molecule has 0 aliphatic rings. The standard InChI is InChI=1S/C19H15ClFN5O2/c1-25(11-13-3-2-8-28-13)17-7-6-16-22-10-18(26(16)24-17)23-19(27)12-4-5-14(20)15(21)9-12/h2-10H,11H2,1H3,(H,23,27). The Morgan fingerprint density at radius 2 is 2.18 bits per heavy atom. The van der Waals surface area contributed by atoms with Crippen molar-refractivity contribution < 1.29 is 13.6 Å². The molecule has 1 amide bonds. The van der Waals surface area contributed by atoms with Crippen LogP contribution < -0.4 is 10.2 Å². The van der Waals surface area contributed by atoms with Crippen LogP contribution in [-0.4, -0.2) is 27.6 Å². The molecular formula is C19H15ClFN5O2. The molecule has 0 radical (unpaired) electrons. The van der Waals surface area contributed by atoms with E-state index in [1.165, 1.54) is 22.8 Å².